The average Bonchev–Trinajstić information content (AvgIpc) is 2.61. The summed E-state index contributed by atoms with van der Waals surface area (Å²) in [7, 11) is 0. The van der Waals surface area contributed by atoms with Crippen molar-refractivity contribution in [3.05, 3.63) is 70.8 Å². The Hall–Kier alpha value is -3.10. The molecule has 25 heavy (non-hydrogen) atoms. The van der Waals surface area contributed by atoms with Gasteiger partial charge in [0.2, 0.25) is 0 Å². The summed E-state index contributed by atoms with van der Waals surface area (Å²) in [5.74, 6) is -1.15. The highest BCUT2D eigenvalue weighted by Gasteiger charge is 2.16. The van der Waals surface area contributed by atoms with Gasteiger partial charge in [-0.15, -0.1) is 0 Å². The highest BCUT2D eigenvalue weighted by molar-refractivity contribution is 6.32. The fourth-order valence-corrected chi connectivity index (χ4v) is 2.14. The first kappa shape index (κ1) is 18.2. The molecule has 0 saturated heterocycles. The average molecular weight is 355 g/mol. The molecule has 0 bridgehead atoms. The van der Waals surface area contributed by atoms with Crippen LogP contribution >= 0.6 is 11.6 Å². The molecule has 0 saturated carbocycles. The molecule has 0 aliphatic rings. The lowest BCUT2D eigenvalue weighted by atomic mass is 10.2. The van der Waals surface area contributed by atoms with Crippen LogP contribution < -0.4 is 5.32 Å². The van der Waals surface area contributed by atoms with Crippen LogP contribution in [0.25, 0.3) is 6.08 Å². The topological polar surface area (TPSA) is 79.2 Å². The fourth-order valence-electron chi connectivity index (χ4n) is 1.95. The molecule has 1 atom stereocenters. The minimum Gasteiger partial charge on any atom is -0.449 e. The van der Waals surface area contributed by atoms with Crippen LogP contribution in [0, 0.1) is 11.3 Å². The number of nitriles is 1. The monoisotopic (exact) mass is 354 g/mol. The minimum absolute atomic E-state index is 0.421. The van der Waals surface area contributed by atoms with Crippen molar-refractivity contribution in [2.75, 3.05) is 5.32 Å². The number of ether oxygens (including phenoxy) is 1. The fraction of sp³-hybridized carbons (Fsp3) is 0.105. The predicted molar refractivity (Wildman–Crippen MR) is 95.8 cm³/mol. The SMILES string of the molecule is C[C@H](OC(=O)/C=C/c1ccccc1Cl)C(=O)Nc1cccc(C#N)c1. The zero-order valence-corrected chi connectivity index (χ0v) is 14.2. The Morgan fingerprint density at radius 2 is 2.00 bits per heavy atom. The molecular formula is C19H15ClN2O3. The Balaban J connectivity index is 1.93. The molecule has 0 aliphatic heterocycles. The number of nitrogens with zero attached hydrogens (tertiary/aromatic N) is 1. The molecule has 1 N–H and O–H groups in total. The summed E-state index contributed by atoms with van der Waals surface area (Å²) in [6.45, 7) is 1.46. The second-order valence-electron chi connectivity index (χ2n) is 5.12. The molecule has 2 aromatic carbocycles. The van der Waals surface area contributed by atoms with Gasteiger partial charge < -0.3 is 10.1 Å². The van der Waals surface area contributed by atoms with Crippen LogP contribution in [0.2, 0.25) is 5.02 Å². The summed E-state index contributed by atoms with van der Waals surface area (Å²) < 4.78 is 5.06. The molecule has 0 radical (unpaired) electrons. The van der Waals surface area contributed by atoms with Gasteiger partial charge in [-0.2, -0.15) is 5.26 Å². The highest BCUT2D eigenvalue weighted by atomic mass is 35.5. The number of hydrogen-bond acceptors (Lipinski definition) is 4. The minimum atomic E-state index is -0.992. The van der Waals surface area contributed by atoms with E-state index in [4.69, 9.17) is 21.6 Å². The van der Waals surface area contributed by atoms with E-state index in [1.54, 1.807) is 42.5 Å². The Morgan fingerprint density at radius 1 is 1.24 bits per heavy atom. The first-order valence-electron chi connectivity index (χ1n) is 7.44. The predicted octanol–water partition coefficient (Wildman–Crippen LogP) is 3.80. The second-order valence-corrected chi connectivity index (χ2v) is 5.52. The lowest BCUT2D eigenvalue weighted by Crippen LogP contribution is -2.29. The van der Waals surface area contributed by atoms with Gasteiger partial charge in [-0.05, 0) is 42.8 Å². The normalized spacial score (nSPS) is 11.6. The van der Waals surface area contributed by atoms with Crippen LogP contribution in [0.1, 0.15) is 18.1 Å². The number of halogens is 1. The molecule has 0 fully saturated rings. The molecule has 5 nitrogen and oxygen atoms in total. The second kappa shape index (κ2) is 8.67. The number of amides is 1. The molecule has 6 heteroatoms. The van der Waals surface area contributed by atoms with Gasteiger partial charge in [0.1, 0.15) is 0 Å². The summed E-state index contributed by atoms with van der Waals surface area (Å²) in [6, 6.07) is 15.5. The number of carbonyl (C=O) groups excluding carboxylic acids is 2. The molecule has 0 aromatic heterocycles. The molecule has 0 heterocycles. The Morgan fingerprint density at radius 3 is 2.72 bits per heavy atom. The summed E-state index contributed by atoms with van der Waals surface area (Å²) >= 11 is 5.99. The smallest absolute Gasteiger partial charge is 0.331 e. The third kappa shape index (κ3) is 5.48. The number of rotatable bonds is 5. The Labute approximate surface area is 150 Å². The van der Waals surface area contributed by atoms with E-state index < -0.39 is 18.0 Å². The quantitative estimate of drug-likeness (QED) is 0.654. The Kier molecular flexibility index (Phi) is 6.33. The van der Waals surface area contributed by atoms with E-state index in [9.17, 15) is 9.59 Å². The first-order valence-corrected chi connectivity index (χ1v) is 7.81. The zero-order valence-electron chi connectivity index (χ0n) is 13.4. The van der Waals surface area contributed by atoms with Gasteiger partial charge in [0.25, 0.3) is 5.91 Å². The van der Waals surface area contributed by atoms with Crippen LogP contribution in [-0.2, 0) is 14.3 Å². The molecule has 2 aromatic rings. The van der Waals surface area contributed by atoms with E-state index >= 15 is 0 Å². The highest BCUT2D eigenvalue weighted by Crippen LogP contribution is 2.16. The standard InChI is InChI=1S/C19H15ClN2O3/c1-13(19(24)22-16-7-4-5-14(11-16)12-21)25-18(23)10-9-15-6-2-3-8-17(15)20/h2-11,13H,1H3,(H,22,24)/b10-9+/t13-/m0/s1. The van der Waals surface area contributed by atoms with Crippen molar-refractivity contribution in [2.24, 2.45) is 0 Å². The van der Waals surface area contributed by atoms with E-state index in [0.29, 0.717) is 21.8 Å². The molecule has 0 unspecified atom stereocenters. The Bertz CT molecular complexity index is 856. The van der Waals surface area contributed by atoms with Crippen molar-refractivity contribution in [3.63, 3.8) is 0 Å². The first-order chi connectivity index (χ1) is 12.0. The lowest BCUT2D eigenvalue weighted by Gasteiger charge is -2.12. The van der Waals surface area contributed by atoms with Gasteiger partial charge in [0, 0.05) is 16.8 Å². The lowest BCUT2D eigenvalue weighted by molar-refractivity contribution is -0.148. The van der Waals surface area contributed by atoms with Crippen LogP contribution in [0.5, 0.6) is 0 Å². The molecule has 0 aliphatic carbocycles. The zero-order chi connectivity index (χ0) is 18.2. The number of carbonyl (C=O) groups is 2. The number of anilines is 1. The van der Waals surface area contributed by atoms with Gasteiger partial charge in [0.15, 0.2) is 6.10 Å². The van der Waals surface area contributed by atoms with Crippen LogP contribution in [0.3, 0.4) is 0 Å². The van der Waals surface area contributed by atoms with E-state index in [0.717, 1.165) is 0 Å². The van der Waals surface area contributed by atoms with E-state index in [1.165, 1.54) is 25.1 Å². The summed E-state index contributed by atoms with van der Waals surface area (Å²) in [6.07, 6.45) is 1.74. The van der Waals surface area contributed by atoms with E-state index in [2.05, 4.69) is 5.32 Å². The summed E-state index contributed by atoms with van der Waals surface area (Å²) in [5.41, 5.74) is 1.55. The van der Waals surface area contributed by atoms with Gasteiger partial charge in [-0.1, -0.05) is 35.9 Å². The maximum absolute atomic E-state index is 12.1. The van der Waals surface area contributed by atoms with Crippen molar-refractivity contribution >= 4 is 35.2 Å². The van der Waals surface area contributed by atoms with E-state index in [-0.39, 0.29) is 0 Å². The maximum Gasteiger partial charge on any atom is 0.331 e. The van der Waals surface area contributed by atoms with Gasteiger partial charge in [-0.3, -0.25) is 4.79 Å². The molecule has 2 rings (SSSR count). The van der Waals surface area contributed by atoms with Crippen molar-refractivity contribution in [1.82, 2.24) is 0 Å². The van der Waals surface area contributed by atoms with Gasteiger partial charge >= 0.3 is 5.97 Å². The molecule has 1 amide bonds. The van der Waals surface area contributed by atoms with Gasteiger partial charge in [0.05, 0.1) is 11.6 Å². The number of esters is 1. The van der Waals surface area contributed by atoms with Crippen molar-refractivity contribution < 1.29 is 14.3 Å². The van der Waals surface area contributed by atoms with Crippen molar-refractivity contribution in [1.29, 1.82) is 5.26 Å². The summed E-state index contributed by atoms with van der Waals surface area (Å²) in [4.78, 5) is 23.9. The summed E-state index contributed by atoms with van der Waals surface area (Å²) in [5, 5.41) is 11.9. The molecule has 126 valence electrons. The van der Waals surface area contributed by atoms with Crippen LogP contribution in [-0.4, -0.2) is 18.0 Å². The third-order valence-corrected chi connectivity index (χ3v) is 3.57. The van der Waals surface area contributed by atoms with Crippen LogP contribution in [0.15, 0.2) is 54.6 Å². The van der Waals surface area contributed by atoms with Gasteiger partial charge in [-0.25, -0.2) is 4.79 Å². The van der Waals surface area contributed by atoms with Crippen molar-refractivity contribution in [3.8, 4) is 6.07 Å². The molecule has 0 spiro atoms. The number of nitrogens with one attached hydrogen (secondary N) is 1. The third-order valence-electron chi connectivity index (χ3n) is 3.23. The number of hydrogen-bond donors (Lipinski definition) is 1. The largest absolute Gasteiger partial charge is 0.449 e. The van der Waals surface area contributed by atoms with Crippen LogP contribution in [0.4, 0.5) is 5.69 Å². The maximum atomic E-state index is 12.1. The van der Waals surface area contributed by atoms with Crippen molar-refractivity contribution in [2.45, 2.75) is 13.0 Å². The van der Waals surface area contributed by atoms with E-state index in [1.807, 2.05) is 6.07 Å². The number of benzene rings is 2. The molecular weight excluding hydrogens is 340 g/mol.